The molecule has 1 aliphatic heterocycles. The number of likely N-dealkylation sites (tertiary alicyclic amines) is 1. The van der Waals surface area contributed by atoms with Crippen molar-refractivity contribution in [2.75, 3.05) is 45.7 Å². The lowest BCUT2D eigenvalue weighted by Gasteiger charge is -2.18. The second-order valence-electron chi connectivity index (χ2n) is 8.01. The van der Waals surface area contributed by atoms with Gasteiger partial charge in [0.1, 0.15) is 0 Å². The van der Waals surface area contributed by atoms with Crippen molar-refractivity contribution in [3.8, 4) is 0 Å². The van der Waals surface area contributed by atoms with E-state index in [2.05, 4.69) is 56.9 Å². The summed E-state index contributed by atoms with van der Waals surface area (Å²) in [5.41, 5.74) is 3.66. The van der Waals surface area contributed by atoms with Crippen LogP contribution in [0.25, 0.3) is 0 Å². The molecular formula is C24H33N5O. The summed E-state index contributed by atoms with van der Waals surface area (Å²) in [7, 11) is 5.85. The van der Waals surface area contributed by atoms with E-state index in [1.54, 1.807) is 7.05 Å². The second kappa shape index (κ2) is 10.7. The first-order valence-corrected chi connectivity index (χ1v) is 10.6. The topological polar surface area (TPSA) is 60.0 Å². The van der Waals surface area contributed by atoms with E-state index >= 15 is 0 Å². The van der Waals surface area contributed by atoms with Crippen LogP contribution in [0.5, 0.6) is 0 Å². The smallest absolute Gasteiger partial charge is 0.223 e. The number of hydrogen-bond donors (Lipinski definition) is 2. The van der Waals surface area contributed by atoms with Crippen molar-refractivity contribution in [3.63, 3.8) is 0 Å². The molecule has 2 aromatic carbocycles. The molecule has 0 saturated carbocycles. The summed E-state index contributed by atoms with van der Waals surface area (Å²) in [6.07, 6.45) is 1.51. The lowest BCUT2D eigenvalue weighted by Crippen LogP contribution is -2.40. The first-order chi connectivity index (χ1) is 14.5. The molecule has 6 nitrogen and oxygen atoms in total. The number of aliphatic imine (C=N–C) groups is 1. The third kappa shape index (κ3) is 6.24. The van der Waals surface area contributed by atoms with Gasteiger partial charge >= 0.3 is 0 Å². The molecule has 2 aromatic rings. The Bertz CT molecular complexity index is 832. The number of carbonyl (C=O) groups is 1. The van der Waals surface area contributed by atoms with E-state index in [-0.39, 0.29) is 5.91 Å². The van der Waals surface area contributed by atoms with Gasteiger partial charge in [-0.25, -0.2) is 0 Å². The summed E-state index contributed by atoms with van der Waals surface area (Å²) >= 11 is 0. The van der Waals surface area contributed by atoms with Gasteiger partial charge in [-0.15, -0.1) is 0 Å². The Hall–Kier alpha value is -3.02. The summed E-state index contributed by atoms with van der Waals surface area (Å²) < 4.78 is 0. The van der Waals surface area contributed by atoms with Gasteiger partial charge in [0.25, 0.3) is 0 Å². The van der Waals surface area contributed by atoms with Crippen LogP contribution in [0, 0.1) is 5.92 Å². The molecule has 1 saturated heterocycles. The minimum absolute atomic E-state index is 0.252. The summed E-state index contributed by atoms with van der Waals surface area (Å²) in [5.74, 6) is 1.33. The molecule has 1 unspecified atom stereocenters. The molecule has 1 heterocycles. The molecule has 0 radical (unpaired) electrons. The highest BCUT2D eigenvalue weighted by Crippen LogP contribution is 2.17. The fourth-order valence-electron chi connectivity index (χ4n) is 3.67. The van der Waals surface area contributed by atoms with Crippen molar-refractivity contribution in [2.45, 2.75) is 19.4 Å². The average molecular weight is 408 g/mol. The molecule has 0 spiro atoms. The van der Waals surface area contributed by atoms with Gasteiger partial charge in [-0.3, -0.25) is 9.79 Å². The third-order valence-electron chi connectivity index (χ3n) is 5.50. The van der Waals surface area contributed by atoms with Crippen molar-refractivity contribution in [2.24, 2.45) is 10.9 Å². The standard InChI is InChI=1S/C24H33N5O/c1-25-24(26-16-20-9-11-22(12-10-20)28(2)3)27-17-21-15-23(30)29(18-21)14-13-19-7-5-4-6-8-19/h4-12,21H,13-18H2,1-3H3,(H2,25,26,27). The molecule has 3 rings (SSSR count). The minimum atomic E-state index is 0.252. The zero-order valence-corrected chi connectivity index (χ0v) is 18.3. The van der Waals surface area contributed by atoms with Crippen LogP contribution in [0.1, 0.15) is 17.5 Å². The van der Waals surface area contributed by atoms with E-state index in [9.17, 15) is 4.79 Å². The van der Waals surface area contributed by atoms with E-state index in [0.29, 0.717) is 18.9 Å². The number of benzene rings is 2. The lowest BCUT2D eigenvalue weighted by molar-refractivity contribution is -0.127. The number of carbonyl (C=O) groups excluding carboxylic acids is 1. The normalized spacial score (nSPS) is 16.6. The molecule has 30 heavy (non-hydrogen) atoms. The summed E-state index contributed by atoms with van der Waals surface area (Å²) in [6.45, 7) is 3.05. The van der Waals surface area contributed by atoms with Crippen molar-refractivity contribution in [1.29, 1.82) is 0 Å². The van der Waals surface area contributed by atoms with Crippen LogP contribution < -0.4 is 15.5 Å². The van der Waals surface area contributed by atoms with Gasteiger partial charge in [-0.05, 0) is 29.7 Å². The van der Waals surface area contributed by atoms with Crippen LogP contribution in [-0.4, -0.2) is 57.5 Å². The Balaban J connectivity index is 1.41. The number of hydrogen-bond acceptors (Lipinski definition) is 3. The predicted molar refractivity (Wildman–Crippen MR) is 124 cm³/mol. The number of nitrogens with one attached hydrogen (secondary N) is 2. The van der Waals surface area contributed by atoms with Gasteiger partial charge < -0.3 is 20.4 Å². The molecule has 1 fully saturated rings. The molecule has 0 bridgehead atoms. The van der Waals surface area contributed by atoms with E-state index in [1.807, 2.05) is 37.2 Å². The van der Waals surface area contributed by atoms with Crippen LogP contribution in [0.3, 0.4) is 0 Å². The van der Waals surface area contributed by atoms with E-state index < -0.39 is 0 Å². The summed E-state index contributed by atoms with van der Waals surface area (Å²) in [4.78, 5) is 20.7. The van der Waals surface area contributed by atoms with E-state index in [1.165, 1.54) is 16.8 Å². The second-order valence-corrected chi connectivity index (χ2v) is 8.01. The van der Waals surface area contributed by atoms with Gasteiger partial charge in [0, 0.05) is 65.3 Å². The average Bonchev–Trinajstić information content (AvgIpc) is 3.13. The van der Waals surface area contributed by atoms with Gasteiger partial charge in [0.2, 0.25) is 5.91 Å². The number of anilines is 1. The molecule has 0 aromatic heterocycles. The summed E-state index contributed by atoms with van der Waals surface area (Å²) in [5, 5.41) is 6.73. The van der Waals surface area contributed by atoms with Crippen molar-refractivity contribution in [1.82, 2.24) is 15.5 Å². The Morgan fingerprint density at radius 2 is 1.80 bits per heavy atom. The highest BCUT2D eigenvalue weighted by molar-refractivity contribution is 5.80. The first-order valence-electron chi connectivity index (χ1n) is 10.6. The first kappa shape index (κ1) is 21.7. The molecule has 160 valence electrons. The SMILES string of the molecule is CN=C(NCc1ccc(N(C)C)cc1)NCC1CC(=O)N(CCc2ccccc2)C1. The van der Waals surface area contributed by atoms with E-state index in [0.717, 1.165) is 32.0 Å². The maximum absolute atomic E-state index is 12.4. The van der Waals surface area contributed by atoms with Crippen LogP contribution in [-0.2, 0) is 17.8 Å². The fourth-order valence-corrected chi connectivity index (χ4v) is 3.67. The predicted octanol–water partition coefficient (Wildman–Crippen LogP) is 2.51. The monoisotopic (exact) mass is 407 g/mol. The maximum atomic E-state index is 12.4. The fraction of sp³-hybridized carbons (Fsp3) is 0.417. The van der Waals surface area contributed by atoms with Crippen LogP contribution >= 0.6 is 0 Å². The number of guanidine groups is 1. The third-order valence-corrected chi connectivity index (χ3v) is 5.50. The minimum Gasteiger partial charge on any atom is -0.378 e. The van der Waals surface area contributed by atoms with Gasteiger partial charge in [0.15, 0.2) is 5.96 Å². The number of rotatable bonds is 8. The molecule has 2 N–H and O–H groups in total. The molecule has 1 atom stereocenters. The van der Waals surface area contributed by atoms with Gasteiger partial charge in [-0.1, -0.05) is 42.5 Å². The Kier molecular flexibility index (Phi) is 7.71. The Morgan fingerprint density at radius 3 is 2.47 bits per heavy atom. The van der Waals surface area contributed by atoms with Crippen LogP contribution in [0.2, 0.25) is 0 Å². The van der Waals surface area contributed by atoms with Crippen LogP contribution in [0.4, 0.5) is 5.69 Å². The number of amides is 1. The van der Waals surface area contributed by atoms with Crippen molar-refractivity contribution >= 4 is 17.6 Å². The zero-order chi connectivity index (χ0) is 21.3. The lowest BCUT2D eigenvalue weighted by atomic mass is 10.1. The Morgan fingerprint density at radius 1 is 1.07 bits per heavy atom. The van der Waals surface area contributed by atoms with Crippen LogP contribution in [0.15, 0.2) is 59.6 Å². The highest BCUT2D eigenvalue weighted by atomic mass is 16.2. The molecule has 1 amide bonds. The highest BCUT2D eigenvalue weighted by Gasteiger charge is 2.29. The largest absolute Gasteiger partial charge is 0.378 e. The quantitative estimate of drug-likeness (QED) is 0.521. The maximum Gasteiger partial charge on any atom is 0.223 e. The zero-order valence-electron chi connectivity index (χ0n) is 18.3. The van der Waals surface area contributed by atoms with E-state index in [4.69, 9.17) is 0 Å². The van der Waals surface area contributed by atoms with Gasteiger partial charge in [-0.2, -0.15) is 0 Å². The molecule has 0 aliphatic carbocycles. The summed E-state index contributed by atoms with van der Waals surface area (Å²) in [6, 6.07) is 18.8. The number of nitrogens with zero attached hydrogens (tertiary/aromatic N) is 3. The van der Waals surface area contributed by atoms with Crippen molar-refractivity contribution < 1.29 is 4.79 Å². The van der Waals surface area contributed by atoms with Crippen molar-refractivity contribution in [3.05, 3.63) is 65.7 Å². The molecular weight excluding hydrogens is 374 g/mol. The van der Waals surface area contributed by atoms with Gasteiger partial charge in [0.05, 0.1) is 0 Å². The molecule has 1 aliphatic rings. The molecule has 6 heteroatoms. The Labute approximate surface area is 180 Å².